The summed E-state index contributed by atoms with van der Waals surface area (Å²) in [6, 6.07) is 11.3. The predicted octanol–water partition coefficient (Wildman–Crippen LogP) is 4.26. The number of nitrogens with zero attached hydrogens (tertiary/aromatic N) is 3. The lowest BCUT2D eigenvalue weighted by atomic mass is 9.87. The zero-order chi connectivity index (χ0) is 22.3. The summed E-state index contributed by atoms with van der Waals surface area (Å²) in [5.41, 5.74) is 1.00. The second-order valence-corrected chi connectivity index (χ2v) is 10.1. The first-order valence-corrected chi connectivity index (χ1v) is 11.0. The van der Waals surface area contributed by atoms with Crippen molar-refractivity contribution in [2.45, 2.75) is 43.0 Å². The number of carbonyl (C=O) groups excluding carboxylic acids is 1. The Morgan fingerprint density at radius 1 is 1.10 bits per heavy atom. The smallest absolute Gasteiger partial charge is 0.228 e. The van der Waals surface area contributed by atoms with Crippen molar-refractivity contribution in [1.29, 1.82) is 0 Å². The second kappa shape index (κ2) is 7.85. The van der Waals surface area contributed by atoms with Gasteiger partial charge in [-0.2, -0.15) is 0 Å². The third-order valence-corrected chi connectivity index (χ3v) is 6.54. The van der Waals surface area contributed by atoms with Gasteiger partial charge in [0.2, 0.25) is 14.9 Å². The molecule has 158 valence electrons. The molecule has 1 heterocycles. The zero-order valence-electron chi connectivity index (χ0n) is 17.3. The molecule has 0 fully saturated rings. The van der Waals surface area contributed by atoms with E-state index in [2.05, 4.69) is 10.3 Å². The number of halogens is 1. The standard InChI is InChI=1S/C21H22ClN3O4S/c1-13(26)19-20(23-24-25(19)17-12-15(22)8-11-18(17)29-5)30(27,28)16-9-6-14(7-10-16)21(2,3)4/h6-12H,1-5H3. The molecule has 1 aromatic heterocycles. The topological polar surface area (TPSA) is 91.2 Å². The maximum Gasteiger partial charge on any atom is 0.228 e. The van der Waals surface area contributed by atoms with Gasteiger partial charge in [-0.1, -0.05) is 49.7 Å². The Balaban J connectivity index is 2.18. The van der Waals surface area contributed by atoms with E-state index in [4.69, 9.17) is 16.3 Å². The molecule has 0 N–H and O–H groups in total. The largest absolute Gasteiger partial charge is 0.494 e. The van der Waals surface area contributed by atoms with Crippen molar-refractivity contribution in [1.82, 2.24) is 15.0 Å². The summed E-state index contributed by atoms with van der Waals surface area (Å²) in [6.07, 6.45) is 0. The molecule has 0 aliphatic rings. The average molecular weight is 448 g/mol. The van der Waals surface area contributed by atoms with Crippen molar-refractivity contribution in [3.63, 3.8) is 0 Å². The minimum atomic E-state index is -4.08. The van der Waals surface area contributed by atoms with E-state index in [9.17, 15) is 13.2 Å². The van der Waals surface area contributed by atoms with Crippen LogP contribution in [0.5, 0.6) is 5.75 Å². The number of aromatic nitrogens is 3. The van der Waals surface area contributed by atoms with Gasteiger partial charge < -0.3 is 4.74 Å². The lowest BCUT2D eigenvalue weighted by molar-refractivity contribution is 0.100. The summed E-state index contributed by atoms with van der Waals surface area (Å²) < 4.78 is 33.0. The summed E-state index contributed by atoms with van der Waals surface area (Å²) in [5.74, 6) is -0.141. The summed E-state index contributed by atoms with van der Waals surface area (Å²) >= 11 is 6.08. The van der Waals surface area contributed by atoms with E-state index >= 15 is 0 Å². The Kier molecular flexibility index (Phi) is 5.75. The van der Waals surface area contributed by atoms with Gasteiger partial charge in [-0.25, -0.2) is 13.1 Å². The van der Waals surface area contributed by atoms with E-state index < -0.39 is 20.6 Å². The van der Waals surface area contributed by atoms with Gasteiger partial charge >= 0.3 is 0 Å². The number of ketones is 1. The van der Waals surface area contributed by atoms with Crippen LogP contribution in [0.25, 0.3) is 5.69 Å². The number of sulfone groups is 1. The summed E-state index contributed by atoms with van der Waals surface area (Å²) in [4.78, 5) is 12.5. The molecule has 0 aliphatic carbocycles. The quantitative estimate of drug-likeness (QED) is 0.542. The molecule has 9 heteroatoms. The van der Waals surface area contributed by atoms with Crippen LogP contribution < -0.4 is 4.74 Å². The summed E-state index contributed by atoms with van der Waals surface area (Å²) in [7, 11) is -2.63. The molecule has 3 aromatic rings. The number of Topliss-reactive ketones (excluding diaryl/α,β-unsaturated/α-hetero) is 1. The molecular formula is C21H22ClN3O4S. The van der Waals surface area contributed by atoms with E-state index in [0.29, 0.717) is 16.5 Å². The number of methoxy groups -OCH3 is 1. The predicted molar refractivity (Wildman–Crippen MR) is 114 cm³/mol. The van der Waals surface area contributed by atoms with Crippen LogP contribution in [0.15, 0.2) is 52.4 Å². The first-order chi connectivity index (χ1) is 14.0. The first-order valence-electron chi connectivity index (χ1n) is 9.13. The van der Waals surface area contributed by atoms with Gasteiger partial charge in [0, 0.05) is 11.9 Å². The van der Waals surface area contributed by atoms with Gasteiger partial charge in [0.15, 0.2) is 5.78 Å². The molecule has 0 spiro atoms. The molecule has 0 aliphatic heterocycles. The molecular weight excluding hydrogens is 426 g/mol. The number of benzene rings is 2. The van der Waals surface area contributed by atoms with Crippen molar-refractivity contribution < 1.29 is 17.9 Å². The van der Waals surface area contributed by atoms with E-state index in [1.165, 1.54) is 32.2 Å². The number of rotatable bonds is 5. The van der Waals surface area contributed by atoms with Gasteiger partial charge in [-0.15, -0.1) is 5.10 Å². The van der Waals surface area contributed by atoms with E-state index in [1.807, 2.05) is 20.8 Å². The second-order valence-electron chi connectivity index (χ2n) is 7.81. The van der Waals surface area contributed by atoms with Crippen LogP contribution in [0.3, 0.4) is 0 Å². The van der Waals surface area contributed by atoms with Crippen molar-refractivity contribution in [3.8, 4) is 11.4 Å². The van der Waals surface area contributed by atoms with Crippen LogP contribution in [0.4, 0.5) is 0 Å². The van der Waals surface area contributed by atoms with Gasteiger partial charge in [-0.3, -0.25) is 4.79 Å². The minimum absolute atomic E-state index is 0.0307. The van der Waals surface area contributed by atoms with Crippen molar-refractivity contribution in [2.75, 3.05) is 7.11 Å². The fraction of sp³-hybridized carbons (Fsp3) is 0.286. The highest BCUT2D eigenvalue weighted by Gasteiger charge is 2.31. The number of hydrogen-bond acceptors (Lipinski definition) is 6. The lowest BCUT2D eigenvalue weighted by Crippen LogP contribution is -2.14. The fourth-order valence-corrected chi connectivity index (χ4v) is 4.50. The van der Waals surface area contributed by atoms with E-state index in [-0.39, 0.29) is 16.0 Å². The molecule has 0 saturated carbocycles. The molecule has 30 heavy (non-hydrogen) atoms. The van der Waals surface area contributed by atoms with Crippen molar-refractivity contribution in [2.24, 2.45) is 0 Å². The molecule has 2 aromatic carbocycles. The molecule has 0 unspecified atom stereocenters. The molecule has 0 amide bonds. The lowest BCUT2D eigenvalue weighted by Gasteiger charge is -2.19. The Morgan fingerprint density at radius 3 is 2.27 bits per heavy atom. The molecule has 3 rings (SSSR count). The van der Waals surface area contributed by atoms with Crippen LogP contribution in [0.1, 0.15) is 43.7 Å². The summed E-state index contributed by atoms with van der Waals surface area (Å²) in [6.45, 7) is 7.37. The Bertz CT molecular complexity index is 1210. The minimum Gasteiger partial charge on any atom is -0.494 e. The molecule has 7 nitrogen and oxygen atoms in total. The first kappa shape index (κ1) is 22.0. The van der Waals surface area contributed by atoms with E-state index in [1.54, 1.807) is 24.3 Å². The van der Waals surface area contributed by atoms with Gasteiger partial charge in [0.05, 0.1) is 12.0 Å². The zero-order valence-corrected chi connectivity index (χ0v) is 18.9. The third kappa shape index (κ3) is 3.97. The molecule has 0 atom stereocenters. The number of carbonyl (C=O) groups is 1. The summed E-state index contributed by atoms with van der Waals surface area (Å²) in [5, 5.41) is 7.73. The molecule has 0 radical (unpaired) electrons. The SMILES string of the molecule is COc1ccc(Cl)cc1-n1nnc(S(=O)(=O)c2ccc(C(C)(C)C)cc2)c1C(C)=O. The van der Waals surface area contributed by atoms with Crippen LogP contribution in [0.2, 0.25) is 5.02 Å². The van der Waals surface area contributed by atoms with Crippen molar-refractivity contribution >= 4 is 27.2 Å². The van der Waals surface area contributed by atoms with Crippen LogP contribution in [-0.4, -0.2) is 36.3 Å². The maximum atomic E-state index is 13.3. The highest BCUT2D eigenvalue weighted by atomic mass is 35.5. The van der Waals surface area contributed by atoms with Gasteiger partial charge in [-0.05, 0) is 41.3 Å². The van der Waals surface area contributed by atoms with Gasteiger partial charge in [0.1, 0.15) is 17.1 Å². The molecule has 0 saturated heterocycles. The normalized spacial score (nSPS) is 12.1. The Labute approximate surface area is 180 Å². The van der Waals surface area contributed by atoms with Crippen molar-refractivity contribution in [3.05, 3.63) is 58.7 Å². The Morgan fingerprint density at radius 2 is 1.73 bits per heavy atom. The monoisotopic (exact) mass is 447 g/mol. The number of hydrogen-bond donors (Lipinski definition) is 0. The van der Waals surface area contributed by atoms with E-state index in [0.717, 1.165) is 10.2 Å². The Hall–Kier alpha value is -2.71. The highest BCUT2D eigenvalue weighted by molar-refractivity contribution is 7.91. The van der Waals surface area contributed by atoms with Gasteiger partial charge in [0.25, 0.3) is 0 Å². The third-order valence-electron chi connectivity index (χ3n) is 4.63. The fourth-order valence-electron chi connectivity index (χ4n) is 2.99. The van der Waals surface area contributed by atoms with Crippen LogP contribution in [0, 0.1) is 0 Å². The molecule has 0 bridgehead atoms. The van der Waals surface area contributed by atoms with Crippen LogP contribution >= 0.6 is 11.6 Å². The van der Waals surface area contributed by atoms with Crippen LogP contribution in [-0.2, 0) is 15.3 Å². The maximum absolute atomic E-state index is 13.3. The number of ether oxygens (including phenoxy) is 1. The highest BCUT2D eigenvalue weighted by Crippen LogP contribution is 2.31. The average Bonchev–Trinajstić information content (AvgIpc) is 3.13.